The SMILES string of the molecule is CC/C=C\C/C=C\C/C=C\C/C=C\CCCCC(=O)NC(CS(=O)(=O)O)C(O)/C=C/CCCCCCCCCCCCCCCCCCCCC. The van der Waals surface area contributed by atoms with Crippen LogP contribution in [-0.2, 0) is 14.9 Å². The van der Waals surface area contributed by atoms with Crippen LogP contribution in [0.4, 0.5) is 0 Å². The van der Waals surface area contributed by atoms with Gasteiger partial charge in [0.1, 0.15) is 0 Å². The van der Waals surface area contributed by atoms with Crippen molar-refractivity contribution in [2.45, 2.75) is 206 Å². The average molecular weight is 734 g/mol. The summed E-state index contributed by atoms with van der Waals surface area (Å²) in [6.45, 7) is 4.41. The second-order valence-electron chi connectivity index (χ2n) is 14.2. The van der Waals surface area contributed by atoms with Crippen molar-refractivity contribution in [3.05, 3.63) is 60.8 Å². The minimum atomic E-state index is -4.36. The van der Waals surface area contributed by atoms with Crippen LogP contribution < -0.4 is 5.32 Å². The number of amides is 1. The summed E-state index contributed by atoms with van der Waals surface area (Å²) < 4.78 is 32.5. The molecule has 296 valence electrons. The fourth-order valence-electron chi connectivity index (χ4n) is 6.09. The number of carbonyl (C=O) groups excluding carboxylic acids is 1. The van der Waals surface area contributed by atoms with Gasteiger partial charge in [-0.1, -0.05) is 190 Å². The van der Waals surface area contributed by atoms with E-state index < -0.39 is 28.0 Å². The lowest BCUT2D eigenvalue weighted by molar-refractivity contribution is -0.122. The van der Waals surface area contributed by atoms with Crippen molar-refractivity contribution in [2.24, 2.45) is 0 Å². The van der Waals surface area contributed by atoms with Crippen molar-refractivity contribution >= 4 is 16.0 Å². The van der Waals surface area contributed by atoms with Gasteiger partial charge in [-0.25, -0.2) is 0 Å². The highest BCUT2D eigenvalue weighted by Gasteiger charge is 2.24. The molecule has 0 aliphatic rings. The van der Waals surface area contributed by atoms with Gasteiger partial charge in [0.05, 0.1) is 17.9 Å². The Hall–Kier alpha value is -1.96. The largest absolute Gasteiger partial charge is 0.387 e. The first-order chi connectivity index (χ1) is 24.8. The summed E-state index contributed by atoms with van der Waals surface area (Å²) in [5, 5.41) is 13.2. The monoisotopic (exact) mass is 734 g/mol. The normalized spacial score (nSPS) is 13.9. The minimum absolute atomic E-state index is 0.241. The van der Waals surface area contributed by atoms with Gasteiger partial charge in [-0.05, 0) is 57.8 Å². The van der Waals surface area contributed by atoms with E-state index in [4.69, 9.17) is 0 Å². The molecule has 0 bridgehead atoms. The predicted molar refractivity (Wildman–Crippen MR) is 221 cm³/mol. The number of carbonyl (C=O) groups is 1. The molecule has 0 fully saturated rings. The number of unbranched alkanes of at least 4 members (excludes halogenated alkanes) is 21. The zero-order valence-electron chi connectivity index (χ0n) is 33.0. The maximum atomic E-state index is 12.5. The Morgan fingerprint density at radius 2 is 0.941 bits per heavy atom. The van der Waals surface area contributed by atoms with Gasteiger partial charge in [0.25, 0.3) is 10.1 Å². The van der Waals surface area contributed by atoms with Crippen LogP contribution in [0, 0.1) is 0 Å². The summed E-state index contributed by atoms with van der Waals surface area (Å²) in [5.41, 5.74) is 0. The third kappa shape index (κ3) is 39.1. The molecule has 0 saturated heterocycles. The first-order valence-corrected chi connectivity index (χ1v) is 22.6. The summed E-state index contributed by atoms with van der Waals surface area (Å²) in [5.74, 6) is -1.04. The summed E-state index contributed by atoms with van der Waals surface area (Å²) in [7, 11) is -4.36. The highest BCUT2D eigenvalue weighted by molar-refractivity contribution is 7.85. The zero-order valence-corrected chi connectivity index (χ0v) is 33.8. The zero-order chi connectivity index (χ0) is 37.5. The number of aliphatic hydroxyl groups is 1. The summed E-state index contributed by atoms with van der Waals surface area (Å²) in [6.07, 6.45) is 52.1. The molecule has 51 heavy (non-hydrogen) atoms. The lowest BCUT2D eigenvalue weighted by Crippen LogP contribution is -2.46. The van der Waals surface area contributed by atoms with Gasteiger partial charge >= 0.3 is 0 Å². The molecular formula is C44H79NO5S. The number of rotatable bonds is 37. The average Bonchev–Trinajstić information content (AvgIpc) is 3.09. The molecule has 0 aromatic rings. The van der Waals surface area contributed by atoms with Gasteiger partial charge in [0.2, 0.25) is 5.91 Å². The minimum Gasteiger partial charge on any atom is -0.387 e. The lowest BCUT2D eigenvalue weighted by atomic mass is 10.0. The Labute approximate surface area is 315 Å². The van der Waals surface area contributed by atoms with Gasteiger partial charge in [-0.2, -0.15) is 8.42 Å². The second kappa shape index (κ2) is 37.8. The fraction of sp³-hybridized carbons (Fsp3) is 0.750. The number of hydrogen-bond acceptors (Lipinski definition) is 4. The van der Waals surface area contributed by atoms with Crippen LogP contribution in [0.3, 0.4) is 0 Å². The van der Waals surface area contributed by atoms with Gasteiger partial charge in [-0.15, -0.1) is 0 Å². The molecular weight excluding hydrogens is 655 g/mol. The molecule has 0 rings (SSSR count). The first-order valence-electron chi connectivity index (χ1n) is 21.0. The van der Waals surface area contributed by atoms with Crippen LogP contribution in [0.25, 0.3) is 0 Å². The molecule has 6 nitrogen and oxygen atoms in total. The van der Waals surface area contributed by atoms with E-state index in [2.05, 4.69) is 67.8 Å². The van der Waals surface area contributed by atoms with E-state index in [0.29, 0.717) is 6.42 Å². The number of allylic oxidation sites excluding steroid dienone is 9. The molecule has 7 heteroatoms. The molecule has 0 aromatic carbocycles. The van der Waals surface area contributed by atoms with Crippen molar-refractivity contribution in [3.8, 4) is 0 Å². The smallest absolute Gasteiger partial charge is 0.267 e. The Morgan fingerprint density at radius 1 is 0.549 bits per heavy atom. The highest BCUT2D eigenvalue weighted by atomic mass is 32.2. The number of aliphatic hydroxyl groups excluding tert-OH is 1. The number of hydrogen-bond donors (Lipinski definition) is 3. The molecule has 0 spiro atoms. The van der Waals surface area contributed by atoms with E-state index in [1.165, 1.54) is 109 Å². The third-order valence-electron chi connectivity index (χ3n) is 9.20. The molecule has 3 N–H and O–H groups in total. The Kier molecular flexibility index (Phi) is 36.3. The Balaban J connectivity index is 3.95. The summed E-state index contributed by atoms with van der Waals surface area (Å²) in [6, 6.07) is -1.08. The molecule has 2 unspecified atom stereocenters. The maximum absolute atomic E-state index is 12.5. The molecule has 0 aliphatic heterocycles. The lowest BCUT2D eigenvalue weighted by Gasteiger charge is -2.21. The maximum Gasteiger partial charge on any atom is 0.267 e. The Morgan fingerprint density at radius 3 is 1.39 bits per heavy atom. The molecule has 2 atom stereocenters. The van der Waals surface area contributed by atoms with E-state index in [1.54, 1.807) is 6.08 Å². The van der Waals surface area contributed by atoms with Crippen LogP contribution in [0.2, 0.25) is 0 Å². The molecule has 1 amide bonds. The van der Waals surface area contributed by atoms with Crippen molar-refractivity contribution in [1.82, 2.24) is 5.32 Å². The molecule has 0 aliphatic carbocycles. The van der Waals surface area contributed by atoms with E-state index in [0.717, 1.165) is 57.8 Å². The molecule has 0 radical (unpaired) electrons. The highest BCUT2D eigenvalue weighted by Crippen LogP contribution is 2.15. The van der Waals surface area contributed by atoms with Crippen molar-refractivity contribution < 1.29 is 22.9 Å². The standard InChI is InChI=1S/C44H79NO5S/c1-3-5-7-9-11-13-15-17-19-20-21-22-23-24-26-27-29-31-33-35-37-39-43(46)42(41-51(48,49)50)45-44(47)40-38-36-34-32-30-28-25-18-16-14-12-10-8-6-4-2/h6,8,12,14,18,25,30,32,37,39,42-43,46H,3-5,7,9-11,13,15-17,19-24,26-29,31,33-36,38,40-41H2,1-2H3,(H,45,47)(H,48,49,50)/b8-6-,14-12-,25-18-,32-30-,39-37+. The van der Waals surface area contributed by atoms with Gasteiger partial charge in [-0.3, -0.25) is 9.35 Å². The van der Waals surface area contributed by atoms with E-state index in [9.17, 15) is 22.9 Å². The van der Waals surface area contributed by atoms with Gasteiger partial charge < -0.3 is 10.4 Å². The summed E-state index contributed by atoms with van der Waals surface area (Å²) in [4.78, 5) is 12.5. The number of nitrogens with one attached hydrogen (secondary N) is 1. The van der Waals surface area contributed by atoms with Crippen molar-refractivity contribution in [2.75, 3.05) is 5.75 Å². The summed E-state index contributed by atoms with van der Waals surface area (Å²) >= 11 is 0. The van der Waals surface area contributed by atoms with Crippen LogP contribution in [-0.4, -0.2) is 41.9 Å². The predicted octanol–water partition coefficient (Wildman–Crippen LogP) is 12.5. The van der Waals surface area contributed by atoms with E-state index in [-0.39, 0.29) is 12.3 Å². The Bertz CT molecular complexity index is 1030. The second-order valence-corrected chi connectivity index (χ2v) is 15.7. The molecule has 0 saturated carbocycles. The van der Waals surface area contributed by atoms with Gasteiger partial charge in [0, 0.05) is 6.42 Å². The van der Waals surface area contributed by atoms with Crippen LogP contribution >= 0.6 is 0 Å². The molecule has 0 heterocycles. The van der Waals surface area contributed by atoms with Crippen LogP contribution in [0.1, 0.15) is 194 Å². The van der Waals surface area contributed by atoms with Crippen molar-refractivity contribution in [3.63, 3.8) is 0 Å². The fourth-order valence-corrected chi connectivity index (χ4v) is 6.82. The van der Waals surface area contributed by atoms with Crippen molar-refractivity contribution in [1.29, 1.82) is 0 Å². The van der Waals surface area contributed by atoms with Crippen LogP contribution in [0.5, 0.6) is 0 Å². The van der Waals surface area contributed by atoms with Crippen LogP contribution in [0.15, 0.2) is 60.8 Å². The third-order valence-corrected chi connectivity index (χ3v) is 9.98. The van der Waals surface area contributed by atoms with E-state index >= 15 is 0 Å². The first kappa shape index (κ1) is 49.0. The molecule has 0 aromatic heterocycles. The van der Waals surface area contributed by atoms with Gasteiger partial charge in [0.15, 0.2) is 0 Å². The van der Waals surface area contributed by atoms with E-state index in [1.807, 2.05) is 6.08 Å². The topological polar surface area (TPSA) is 104 Å². The quantitative estimate of drug-likeness (QED) is 0.0335.